The van der Waals surface area contributed by atoms with E-state index < -0.39 is 11.7 Å². The Labute approximate surface area is 178 Å². The van der Waals surface area contributed by atoms with Gasteiger partial charge in [-0.05, 0) is 42.0 Å². The maximum absolute atomic E-state index is 12.8. The number of nitrogen functional groups attached to an aromatic ring is 2. The minimum Gasteiger partial charge on any atom is -0.489 e. The van der Waals surface area contributed by atoms with Gasteiger partial charge in [-0.25, -0.2) is 0 Å². The quantitative estimate of drug-likeness (QED) is 0.465. The highest BCUT2D eigenvalue weighted by Gasteiger charge is 2.32. The molecule has 0 aromatic heterocycles. The number of hydrogen-bond acceptors (Lipinski definition) is 4. The molecule has 0 radical (unpaired) electrons. The van der Waals surface area contributed by atoms with E-state index in [4.69, 9.17) is 20.9 Å². The fraction of sp³-hybridized carbons (Fsp3) is 0.100. The molecule has 4 nitrogen and oxygen atoms in total. The summed E-state index contributed by atoms with van der Waals surface area (Å²) in [5, 5.41) is 0. The Kier molecular flexibility index (Phi) is 8.48. The maximum Gasteiger partial charge on any atom is 0.416 e. The minimum absolute atomic E-state index is 0. The first-order valence-corrected chi connectivity index (χ1v) is 8.04. The fourth-order valence-electron chi connectivity index (χ4n) is 2.42. The zero-order valence-electron chi connectivity index (χ0n) is 15.0. The van der Waals surface area contributed by atoms with Crippen LogP contribution in [0.5, 0.6) is 17.2 Å². The second kappa shape index (κ2) is 10.1. The van der Waals surface area contributed by atoms with Gasteiger partial charge >= 0.3 is 6.18 Å². The third kappa shape index (κ3) is 6.37. The fourth-order valence-corrected chi connectivity index (χ4v) is 2.42. The Hall–Kier alpha value is -2.77. The van der Waals surface area contributed by atoms with Crippen LogP contribution < -0.4 is 20.9 Å². The molecule has 29 heavy (non-hydrogen) atoms. The lowest BCUT2D eigenvalue weighted by molar-refractivity contribution is -0.137. The Morgan fingerprint density at radius 1 is 0.759 bits per heavy atom. The Balaban J connectivity index is 0.00000210. The SMILES string of the molecule is Cl.Cl.Nc1cc(C(F)(F)F)cc(N)c1Oc1ccc(OCc2ccccc2)cc1. The summed E-state index contributed by atoms with van der Waals surface area (Å²) in [5.41, 5.74) is 11.1. The van der Waals surface area contributed by atoms with Gasteiger partial charge in [-0.3, -0.25) is 0 Å². The predicted molar refractivity (Wildman–Crippen MR) is 112 cm³/mol. The summed E-state index contributed by atoms with van der Waals surface area (Å²) >= 11 is 0. The predicted octanol–water partition coefficient (Wildman–Crippen LogP) is 6.08. The molecule has 0 atom stereocenters. The number of anilines is 2. The van der Waals surface area contributed by atoms with E-state index >= 15 is 0 Å². The molecule has 3 aromatic carbocycles. The highest BCUT2D eigenvalue weighted by atomic mass is 35.5. The number of hydrogen-bond donors (Lipinski definition) is 2. The largest absolute Gasteiger partial charge is 0.489 e. The number of ether oxygens (including phenoxy) is 2. The van der Waals surface area contributed by atoms with Crippen molar-refractivity contribution in [1.29, 1.82) is 0 Å². The van der Waals surface area contributed by atoms with Gasteiger partial charge in [-0.15, -0.1) is 24.8 Å². The number of halogens is 5. The average molecular weight is 447 g/mol. The van der Waals surface area contributed by atoms with Crippen molar-refractivity contribution in [2.45, 2.75) is 12.8 Å². The van der Waals surface area contributed by atoms with Crippen LogP contribution in [-0.2, 0) is 12.8 Å². The molecule has 9 heteroatoms. The summed E-state index contributed by atoms with van der Waals surface area (Å²) in [4.78, 5) is 0. The zero-order valence-corrected chi connectivity index (χ0v) is 16.6. The van der Waals surface area contributed by atoms with Gasteiger partial charge in [0.2, 0.25) is 0 Å². The van der Waals surface area contributed by atoms with E-state index in [0.29, 0.717) is 18.1 Å². The van der Waals surface area contributed by atoms with Gasteiger partial charge in [-0.2, -0.15) is 13.2 Å². The molecule has 0 aliphatic heterocycles. The Bertz CT molecular complexity index is 898. The van der Waals surface area contributed by atoms with Crippen molar-refractivity contribution in [3.8, 4) is 17.2 Å². The van der Waals surface area contributed by atoms with E-state index in [1.165, 1.54) is 0 Å². The van der Waals surface area contributed by atoms with Gasteiger partial charge in [-0.1, -0.05) is 30.3 Å². The van der Waals surface area contributed by atoms with Crippen molar-refractivity contribution in [1.82, 2.24) is 0 Å². The summed E-state index contributed by atoms with van der Waals surface area (Å²) in [7, 11) is 0. The summed E-state index contributed by atoms with van der Waals surface area (Å²) in [6.45, 7) is 0.417. The van der Waals surface area contributed by atoms with Crippen LogP contribution in [-0.4, -0.2) is 0 Å². The van der Waals surface area contributed by atoms with Gasteiger partial charge in [0.05, 0.1) is 16.9 Å². The zero-order chi connectivity index (χ0) is 19.4. The van der Waals surface area contributed by atoms with E-state index in [1.54, 1.807) is 24.3 Å². The van der Waals surface area contributed by atoms with Crippen molar-refractivity contribution in [3.05, 3.63) is 77.9 Å². The lowest BCUT2D eigenvalue weighted by atomic mass is 10.1. The van der Waals surface area contributed by atoms with Crippen LogP contribution in [0, 0.1) is 0 Å². The molecule has 0 heterocycles. The summed E-state index contributed by atoms with van der Waals surface area (Å²) in [5.74, 6) is 0.987. The van der Waals surface area contributed by atoms with Crippen LogP contribution in [0.4, 0.5) is 24.5 Å². The molecule has 0 bridgehead atoms. The van der Waals surface area contributed by atoms with Gasteiger partial charge in [0.1, 0.15) is 18.1 Å². The normalized spacial score (nSPS) is 10.4. The van der Waals surface area contributed by atoms with Gasteiger partial charge in [0, 0.05) is 0 Å². The van der Waals surface area contributed by atoms with Crippen LogP contribution >= 0.6 is 24.8 Å². The highest BCUT2D eigenvalue weighted by Crippen LogP contribution is 2.40. The van der Waals surface area contributed by atoms with Gasteiger partial charge in [0.25, 0.3) is 0 Å². The smallest absolute Gasteiger partial charge is 0.416 e. The number of nitrogens with two attached hydrogens (primary N) is 2. The van der Waals surface area contributed by atoms with Crippen LogP contribution in [0.3, 0.4) is 0 Å². The molecule has 0 spiro atoms. The third-order valence-corrected chi connectivity index (χ3v) is 3.77. The molecule has 0 unspecified atom stereocenters. The van der Waals surface area contributed by atoms with Crippen molar-refractivity contribution >= 4 is 36.2 Å². The number of rotatable bonds is 5. The molecule has 3 rings (SSSR count). The van der Waals surface area contributed by atoms with E-state index in [-0.39, 0.29) is 41.9 Å². The second-order valence-electron chi connectivity index (χ2n) is 5.83. The summed E-state index contributed by atoms with van der Waals surface area (Å²) in [6.07, 6.45) is -4.53. The molecule has 0 fully saturated rings. The van der Waals surface area contributed by atoms with E-state index in [1.807, 2.05) is 30.3 Å². The van der Waals surface area contributed by atoms with E-state index in [0.717, 1.165) is 17.7 Å². The van der Waals surface area contributed by atoms with Crippen molar-refractivity contribution < 1.29 is 22.6 Å². The molecule has 4 N–H and O–H groups in total. The first kappa shape index (κ1) is 24.3. The Morgan fingerprint density at radius 2 is 1.28 bits per heavy atom. The van der Waals surface area contributed by atoms with Crippen LogP contribution in [0.1, 0.15) is 11.1 Å². The van der Waals surface area contributed by atoms with Crippen molar-refractivity contribution in [2.24, 2.45) is 0 Å². The highest BCUT2D eigenvalue weighted by molar-refractivity contribution is 5.85. The monoisotopic (exact) mass is 446 g/mol. The number of benzene rings is 3. The van der Waals surface area contributed by atoms with E-state index in [9.17, 15) is 13.2 Å². The molecule has 0 saturated heterocycles. The van der Waals surface area contributed by atoms with Gasteiger partial charge in [0.15, 0.2) is 5.75 Å². The average Bonchev–Trinajstić information content (AvgIpc) is 2.64. The summed E-state index contributed by atoms with van der Waals surface area (Å²) < 4.78 is 49.6. The maximum atomic E-state index is 12.8. The third-order valence-electron chi connectivity index (χ3n) is 3.77. The first-order valence-electron chi connectivity index (χ1n) is 8.04. The standard InChI is InChI=1S/C20H17F3N2O2.2ClH/c21-20(22,23)14-10-17(24)19(18(25)11-14)27-16-8-6-15(7-9-16)26-12-13-4-2-1-3-5-13;;/h1-11H,12,24-25H2;2*1H. The molecule has 0 aliphatic rings. The molecule has 0 saturated carbocycles. The molecule has 0 amide bonds. The summed E-state index contributed by atoms with van der Waals surface area (Å²) in [6, 6.07) is 17.9. The lowest BCUT2D eigenvalue weighted by Crippen LogP contribution is -2.08. The minimum atomic E-state index is -4.53. The molecule has 3 aromatic rings. The molecular weight excluding hydrogens is 428 g/mol. The second-order valence-corrected chi connectivity index (χ2v) is 5.83. The Morgan fingerprint density at radius 3 is 1.79 bits per heavy atom. The topological polar surface area (TPSA) is 70.5 Å². The lowest BCUT2D eigenvalue weighted by Gasteiger charge is -2.15. The van der Waals surface area contributed by atoms with Crippen LogP contribution in [0.25, 0.3) is 0 Å². The molecular formula is C20H19Cl2F3N2O2. The van der Waals surface area contributed by atoms with E-state index in [2.05, 4.69) is 0 Å². The molecule has 0 aliphatic carbocycles. The molecule has 156 valence electrons. The van der Waals surface area contributed by atoms with Crippen LogP contribution in [0.15, 0.2) is 66.7 Å². The first-order chi connectivity index (χ1) is 12.8. The van der Waals surface area contributed by atoms with Crippen molar-refractivity contribution in [2.75, 3.05) is 11.5 Å². The van der Waals surface area contributed by atoms with Crippen LogP contribution in [0.2, 0.25) is 0 Å². The number of alkyl halides is 3. The van der Waals surface area contributed by atoms with Crippen molar-refractivity contribution in [3.63, 3.8) is 0 Å². The van der Waals surface area contributed by atoms with Gasteiger partial charge < -0.3 is 20.9 Å².